The molecular formula is C11H9N3O4. The molecule has 0 aliphatic rings. The molecule has 92 valence electrons. The van der Waals surface area contributed by atoms with Crippen LogP contribution in [0, 0.1) is 0 Å². The van der Waals surface area contributed by atoms with Gasteiger partial charge in [0.2, 0.25) is 0 Å². The number of aromatic carboxylic acids is 1. The molecule has 0 aliphatic heterocycles. The third-order valence-electron chi connectivity index (χ3n) is 2.24. The lowest BCUT2D eigenvalue weighted by Crippen LogP contribution is -2.08. The molecule has 0 saturated heterocycles. The van der Waals surface area contributed by atoms with Crippen LogP contribution in [0.15, 0.2) is 30.9 Å². The van der Waals surface area contributed by atoms with E-state index in [1.807, 2.05) is 0 Å². The van der Waals surface area contributed by atoms with E-state index >= 15 is 0 Å². The van der Waals surface area contributed by atoms with E-state index in [0.717, 1.165) is 0 Å². The Morgan fingerprint density at radius 1 is 1.39 bits per heavy atom. The minimum atomic E-state index is -1.15. The zero-order valence-electron chi connectivity index (χ0n) is 9.40. The molecule has 0 saturated carbocycles. The van der Waals surface area contributed by atoms with Gasteiger partial charge < -0.3 is 9.84 Å². The highest BCUT2D eigenvalue weighted by molar-refractivity contribution is 5.92. The number of imidazole rings is 1. The first-order chi connectivity index (χ1) is 8.63. The molecule has 0 amide bonds. The number of aromatic nitrogens is 3. The van der Waals surface area contributed by atoms with E-state index in [4.69, 9.17) is 5.11 Å². The predicted octanol–water partition coefficient (Wildman–Crippen LogP) is 0.752. The Morgan fingerprint density at radius 3 is 2.78 bits per heavy atom. The summed E-state index contributed by atoms with van der Waals surface area (Å²) in [5.41, 5.74) is 0.103. The van der Waals surface area contributed by atoms with Gasteiger partial charge in [-0.3, -0.25) is 4.57 Å². The highest BCUT2D eigenvalue weighted by atomic mass is 16.5. The minimum Gasteiger partial charge on any atom is -0.476 e. The Hall–Kier alpha value is -2.70. The molecule has 2 aromatic heterocycles. The minimum absolute atomic E-state index is 0.128. The number of carboxylic acids is 1. The van der Waals surface area contributed by atoms with Crippen LogP contribution >= 0.6 is 0 Å². The fourth-order valence-corrected chi connectivity index (χ4v) is 1.42. The van der Waals surface area contributed by atoms with E-state index in [2.05, 4.69) is 14.7 Å². The van der Waals surface area contributed by atoms with Crippen molar-refractivity contribution in [3.8, 4) is 5.82 Å². The van der Waals surface area contributed by atoms with Gasteiger partial charge in [0.25, 0.3) is 0 Å². The van der Waals surface area contributed by atoms with Crippen molar-refractivity contribution in [2.24, 2.45) is 0 Å². The second kappa shape index (κ2) is 4.66. The van der Waals surface area contributed by atoms with Gasteiger partial charge in [0.05, 0.1) is 7.11 Å². The summed E-state index contributed by atoms with van der Waals surface area (Å²) in [4.78, 5) is 30.0. The van der Waals surface area contributed by atoms with E-state index < -0.39 is 11.9 Å². The molecule has 0 aromatic carbocycles. The SMILES string of the molecule is COC(=O)c1cccnc1-n1cnc(C(=O)O)c1. The van der Waals surface area contributed by atoms with E-state index in [1.165, 1.54) is 36.5 Å². The average molecular weight is 247 g/mol. The second-order valence-corrected chi connectivity index (χ2v) is 3.34. The van der Waals surface area contributed by atoms with Gasteiger partial charge in [-0.25, -0.2) is 19.6 Å². The first-order valence-corrected chi connectivity index (χ1v) is 4.94. The third-order valence-corrected chi connectivity index (χ3v) is 2.24. The fourth-order valence-electron chi connectivity index (χ4n) is 1.42. The molecule has 0 spiro atoms. The summed E-state index contributed by atoms with van der Waals surface area (Å²) in [5, 5.41) is 8.78. The van der Waals surface area contributed by atoms with Crippen molar-refractivity contribution in [2.75, 3.05) is 7.11 Å². The smallest absolute Gasteiger partial charge is 0.356 e. The number of carbonyl (C=O) groups is 2. The Morgan fingerprint density at radius 2 is 2.17 bits per heavy atom. The van der Waals surface area contributed by atoms with Crippen LogP contribution in [0.1, 0.15) is 20.8 Å². The van der Waals surface area contributed by atoms with E-state index in [0.29, 0.717) is 0 Å². The summed E-state index contributed by atoms with van der Waals surface area (Å²) in [6.07, 6.45) is 4.04. The number of rotatable bonds is 3. The van der Waals surface area contributed by atoms with Crippen molar-refractivity contribution in [3.05, 3.63) is 42.1 Å². The van der Waals surface area contributed by atoms with Crippen molar-refractivity contribution in [3.63, 3.8) is 0 Å². The lowest BCUT2D eigenvalue weighted by Gasteiger charge is -2.06. The molecule has 0 aliphatic carbocycles. The summed E-state index contributed by atoms with van der Waals surface area (Å²) >= 11 is 0. The van der Waals surface area contributed by atoms with Gasteiger partial charge in [0.15, 0.2) is 11.5 Å². The predicted molar refractivity (Wildman–Crippen MR) is 59.7 cm³/mol. The number of esters is 1. The summed E-state index contributed by atoms with van der Waals surface area (Å²) < 4.78 is 5.98. The van der Waals surface area contributed by atoms with E-state index in [-0.39, 0.29) is 17.1 Å². The molecule has 0 fully saturated rings. The molecule has 0 radical (unpaired) electrons. The summed E-state index contributed by atoms with van der Waals surface area (Å²) in [7, 11) is 1.26. The maximum atomic E-state index is 11.5. The van der Waals surface area contributed by atoms with Crippen LogP contribution in [0.25, 0.3) is 5.82 Å². The number of hydrogen-bond donors (Lipinski definition) is 1. The first kappa shape index (κ1) is 11.8. The number of carboxylic acid groups (broad SMARTS) is 1. The average Bonchev–Trinajstić information content (AvgIpc) is 2.87. The molecule has 7 nitrogen and oxygen atoms in total. The molecule has 1 N–H and O–H groups in total. The van der Waals surface area contributed by atoms with Crippen molar-refractivity contribution in [2.45, 2.75) is 0 Å². The Labute approximate surface area is 102 Å². The zero-order valence-corrected chi connectivity index (χ0v) is 9.40. The largest absolute Gasteiger partial charge is 0.476 e. The molecule has 7 heteroatoms. The number of ether oxygens (including phenoxy) is 1. The van der Waals surface area contributed by atoms with Crippen LogP contribution in [-0.4, -0.2) is 38.7 Å². The van der Waals surface area contributed by atoms with Gasteiger partial charge in [-0.2, -0.15) is 0 Å². The molecular weight excluding hydrogens is 238 g/mol. The first-order valence-electron chi connectivity index (χ1n) is 4.94. The van der Waals surface area contributed by atoms with Crippen molar-refractivity contribution in [1.82, 2.24) is 14.5 Å². The standard InChI is InChI=1S/C11H9N3O4/c1-18-11(17)7-3-2-4-12-9(7)14-5-8(10(15)16)13-6-14/h2-6H,1H3,(H,15,16). The van der Waals surface area contributed by atoms with Gasteiger partial charge in [0.1, 0.15) is 11.9 Å². The molecule has 0 bridgehead atoms. The van der Waals surface area contributed by atoms with Gasteiger partial charge in [0, 0.05) is 12.4 Å². The van der Waals surface area contributed by atoms with Gasteiger partial charge in [-0.1, -0.05) is 0 Å². The molecule has 0 atom stereocenters. The van der Waals surface area contributed by atoms with Gasteiger partial charge >= 0.3 is 11.9 Å². The normalized spacial score (nSPS) is 10.1. The van der Waals surface area contributed by atoms with Crippen LogP contribution < -0.4 is 0 Å². The number of pyridine rings is 1. The third kappa shape index (κ3) is 2.05. The van der Waals surface area contributed by atoms with Crippen LogP contribution in [0.2, 0.25) is 0 Å². The van der Waals surface area contributed by atoms with Crippen molar-refractivity contribution in [1.29, 1.82) is 0 Å². The van der Waals surface area contributed by atoms with Gasteiger partial charge in [-0.15, -0.1) is 0 Å². The van der Waals surface area contributed by atoms with Crippen LogP contribution in [0.5, 0.6) is 0 Å². The number of hydrogen-bond acceptors (Lipinski definition) is 5. The number of methoxy groups -OCH3 is 1. The lowest BCUT2D eigenvalue weighted by molar-refractivity contribution is 0.0599. The summed E-state index contributed by atoms with van der Waals surface area (Å²) in [5.74, 6) is -1.43. The summed E-state index contributed by atoms with van der Waals surface area (Å²) in [6.45, 7) is 0. The topological polar surface area (TPSA) is 94.3 Å². The van der Waals surface area contributed by atoms with Gasteiger partial charge in [-0.05, 0) is 12.1 Å². The molecule has 18 heavy (non-hydrogen) atoms. The van der Waals surface area contributed by atoms with E-state index in [1.54, 1.807) is 6.07 Å². The quantitative estimate of drug-likeness (QED) is 0.804. The van der Waals surface area contributed by atoms with Crippen molar-refractivity contribution >= 4 is 11.9 Å². The monoisotopic (exact) mass is 247 g/mol. The Balaban J connectivity index is 2.49. The fraction of sp³-hybridized carbons (Fsp3) is 0.0909. The Kier molecular flexibility index (Phi) is 3.05. The molecule has 2 rings (SSSR count). The highest BCUT2D eigenvalue weighted by Gasteiger charge is 2.15. The lowest BCUT2D eigenvalue weighted by atomic mass is 10.2. The Bertz CT molecular complexity index is 606. The maximum absolute atomic E-state index is 11.5. The molecule has 2 aromatic rings. The van der Waals surface area contributed by atoms with Crippen LogP contribution in [-0.2, 0) is 4.74 Å². The van der Waals surface area contributed by atoms with Crippen molar-refractivity contribution < 1.29 is 19.4 Å². The van der Waals surface area contributed by atoms with Crippen LogP contribution in [0.3, 0.4) is 0 Å². The summed E-state index contributed by atoms with van der Waals surface area (Å²) in [6, 6.07) is 3.12. The number of nitrogens with zero attached hydrogens (tertiary/aromatic N) is 3. The zero-order chi connectivity index (χ0) is 13.1. The van der Waals surface area contributed by atoms with E-state index in [9.17, 15) is 9.59 Å². The maximum Gasteiger partial charge on any atom is 0.356 e. The second-order valence-electron chi connectivity index (χ2n) is 3.34. The number of carbonyl (C=O) groups excluding carboxylic acids is 1. The van der Waals surface area contributed by atoms with Crippen LogP contribution in [0.4, 0.5) is 0 Å². The molecule has 2 heterocycles. The molecule has 0 unspecified atom stereocenters. The highest BCUT2D eigenvalue weighted by Crippen LogP contribution is 2.13.